The van der Waals surface area contributed by atoms with E-state index in [1.54, 1.807) is 6.20 Å². The minimum atomic E-state index is -0.678. The number of benzene rings is 1. The average Bonchev–Trinajstić information content (AvgIpc) is 3.27. The fraction of sp³-hybridized carbons (Fsp3) is 0.500. The SMILES string of the molecule is CN(c1ncc2nc(Nc3c(F)cc(C#N)cc3Cl)n(C3CCC(C(N)=O)CC3)c2n1)[C@H]1CCCC[C@H]1O. The number of imidazole rings is 1. The molecule has 10 nitrogen and oxygen atoms in total. The largest absolute Gasteiger partial charge is 0.391 e. The van der Waals surface area contributed by atoms with Crippen LogP contribution in [0.5, 0.6) is 0 Å². The Morgan fingerprint density at radius 2 is 1.97 bits per heavy atom. The van der Waals surface area contributed by atoms with Crippen LogP contribution in [0.2, 0.25) is 5.02 Å². The van der Waals surface area contributed by atoms with Crippen molar-refractivity contribution in [3.05, 3.63) is 34.7 Å². The van der Waals surface area contributed by atoms with Crippen LogP contribution in [0.1, 0.15) is 63.0 Å². The van der Waals surface area contributed by atoms with Gasteiger partial charge in [-0.2, -0.15) is 10.2 Å². The number of nitrogens with zero attached hydrogens (tertiary/aromatic N) is 6. The van der Waals surface area contributed by atoms with Crippen LogP contribution in [0.15, 0.2) is 18.3 Å². The predicted octanol–water partition coefficient (Wildman–Crippen LogP) is 4.19. The van der Waals surface area contributed by atoms with Crippen molar-refractivity contribution >= 4 is 46.3 Å². The number of nitrogens with two attached hydrogens (primary N) is 1. The summed E-state index contributed by atoms with van der Waals surface area (Å²) in [6, 6.07) is 4.23. The van der Waals surface area contributed by atoms with Gasteiger partial charge in [0.2, 0.25) is 17.8 Å². The lowest BCUT2D eigenvalue weighted by molar-refractivity contribution is -0.122. The summed E-state index contributed by atoms with van der Waals surface area (Å²) >= 11 is 6.32. The molecular weight excluding hydrogens is 511 g/mol. The molecule has 0 spiro atoms. The molecule has 3 aromatic rings. The summed E-state index contributed by atoms with van der Waals surface area (Å²) in [6.07, 6.45) is 7.34. The van der Waals surface area contributed by atoms with Crippen molar-refractivity contribution in [3.63, 3.8) is 0 Å². The van der Waals surface area contributed by atoms with Crippen molar-refractivity contribution < 1.29 is 14.3 Å². The van der Waals surface area contributed by atoms with E-state index in [0.717, 1.165) is 31.7 Å². The molecule has 38 heavy (non-hydrogen) atoms. The van der Waals surface area contributed by atoms with E-state index in [1.165, 1.54) is 6.07 Å². The fourth-order valence-corrected chi connectivity index (χ4v) is 5.92. The average molecular weight is 541 g/mol. The predicted molar refractivity (Wildman–Crippen MR) is 142 cm³/mol. The van der Waals surface area contributed by atoms with Gasteiger partial charge in [0, 0.05) is 19.0 Å². The number of carbonyl (C=O) groups is 1. The minimum absolute atomic E-state index is 0.00340. The number of fused-ring (bicyclic) bond motifs is 1. The second-order valence-corrected chi connectivity index (χ2v) is 10.6. The number of aliphatic hydroxyl groups is 1. The van der Waals surface area contributed by atoms with Crippen LogP contribution in [0.4, 0.5) is 22.0 Å². The third-order valence-electron chi connectivity index (χ3n) is 7.80. The Labute approximate surface area is 224 Å². The standard InChI is InChI=1S/C26H30ClFN8O2/c1-35(20-4-2-3-5-21(20)37)25-31-13-19-24(34-25)36(16-8-6-15(7-9-16)23(30)38)26(32-19)33-22-17(27)10-14(12-29)11-18(22)28/h10-11,13,15-16,20-21,37H,2-9H2,1H3,(H2,30,38)(H,32,33)/t15?,16?,20-,21+/m0/s1. The Bertz CT molecular complexity index is 1370. The molecule has 2 saturated carbocycles. The van der Waals surface area contributed by atoms with Gasteiger partial charge in [0.15, 0.2) is 5.65 Å². The quantitative estimate of drug-likeness (QED) is 0.422. The summed E-state index contributed by atoms with van der Waals surface area (Å²) in [5.41, 5.74) is 6.73. The Hall–Kier alpha value is -3.49. The van der Waals surface area contributed by atoms with E-state index in [4.69, 9.17) is 27.6 Å². The smallest absolute Gasteiger partial charge is 0.227 e. The van der Waals surface area contributed by atoms with Crippen LogP contribution in [0, 0.1) is 23.1 Å². The summed E-state index contributed by atoms with van der Waals surface area (Å²) in [7, 11) is 1.88. The Morgan fingerprint density at radius 1 is 1.24 bits per heavy atom. The number of carbonyl (C=O) groups excluding carboxylic acids is 1. The van der Waals surface area contributed by atoms with Gasteiger partial charge in [0.05, 0.1) is 40.7 Å². The summed E-state index contributed by atoms with van der Waals surface area (Å²) in [6.45, 7) is 0. The molecule has 2 fully saturated rings. The van der Waals surface area contributed by atoms with Gasteiger partial charge in [-0.15, -0.1) is 0 Å². The van der Waals surface area contributed by atoms with E-state index in [-0.39, 0.29) is 40.2 Å². The highest BCUT2D eigenvalue weighted by molar-refractivity contribution is 6.33. The number of halogens is 2. The third-order valence-corrected chi connectivity index (χ3v) is 8.10. The molecule has 2 heterocycles. The van der Waals surface area contributed by atoms with Crippen molar-refractivity contribution in [1.82, 2.24) is 19.5 Å². The molecule has 12 heteroatoms. The number of hydrogen-bond donors (Lipinski definition) is 3. The van der Waals surface area contributed by atoms with E-state index < -0.39 is 11.9 Å². The molecule has 1 amide bonds. The van der Waals surface area contributed by atoms with Gasteiger partial charge in [-0.05, 0) is 50.7 Å². The Kier molecular flexibility index (Phi) is 7.36. The monoisotopic (exact) mass is 540 g/mol. The number of aromatic nitrogens is 4. The second kappa shape index (κ2) is 10.7. The van der Waals surface area contributed by atoms with Gasteiger partial charge in [0.1, 0.15) is 11.3 Å². The van der Waals surface area contributed by atoms with E-state index in [2.05, 4.69) is 15.3 Å². The van der Waals surface area contributed by atoms with Crippen molar-refractivity contribution in [1.29, 1.82) is 5.26 Å². The third kappa shape index (κ3) is 4.98. The summed E-state index contributed by atoms with van der Waals surface area (Å²) < 4.78 is 16.8. The topological polar surface area (TPSA) is 146 Å². The first-order valence-electron chi connectivity index (χ1n) is 12.9. The van der Waals surface area contributed by atoms with Crippen LogP contribution >= 0.6 is 11.6 Å². The van der Waals surface area contributed by atoms with E-state index in [1.807, 2.05) is 22.6 Å². The van der Waals surface area contributed by atoms with Crippen molar-refractivity contribution in [3.8, 4) is 6.07 Å². The fourth-order valence-electron chi connectivity index (χ4n) is 5.67. The maximum atomic E-state index is 14.9. The van der Waals surface area contributed by atoms with Crippen LogP contribution in [-0.4, -0.2) is 49.7 Å². The molecule has 0 bridgehead atoms. The zero-order valence-corrected chi connectivity index (χ0v) is 21.8. The lowest BCUT2D eigenvalue weighted by atomic mass is 9.85. The van der Waals surface area contributed by atoms with Crippen LogP contribution in [0.25, 0.3) is 11.2 Å². The maximum Gasteiger partial charge on any atom is 0.227 e. The second-order valence-electron chi connectivity index (χ2n) is 10.2. The molecule has 200 valence electrons. The van der Waals surface area contributed by atoms with Crippen LogP contribution < -0.4 is 16.0 Å². The number of amides is 1. The van der Waals surface area contributed by atoms with Crippen molar-refractivity contribution in [2.45, 2.75) is 69.6 Å². The Morgan fingerprint density at radius 3 is 2.63 bits per heavy atom. The molecule has 1 aromatic carbocycles. The van der Waals surface area contributed by atoms with Crippen LogP contribution in [0.3, 0.4) is 0 Å². The highest BCUT2D eigenvalue weighted by Crippen LogP contribution is 2.38. The molecule has 5 rings (SSSR count). The van der Waals surface area contributed by atoms with Gasteiger partial charge >= 0.3 is 0 Å². The summed E-state index contributed by atoms with van der Waals surface area (Å²) in [5, 5.41) is 22.8. The molecular formula is C26H30ClFN8O2. The number of anilines is 3. The molecule has 0 saturated heterocycles. The number of aliphatic hydroxyl groups excluding tert-OH is 1. The zero-order chi connectivity index (χ0) is 27.0. The maximum absolute atomic E-state index is 14.9. The molecule has 2 aliphatic rings. The summed E-state index contributed by atoms with van der Waals surface area (Å²) in [4.78, 5) is 27.7. The van der Waals surface area contributed by atoms with Gasteiger partial charge in [-0.3, -0.25) is 9.36 Å². The van der Waals surface area contributed by atoms with E-state index in [0.29, 0.717) is 48.7 Å². The van der Waals surface area contributed by atoms with Crippen LogP contribution in [-0.2, 0) is 4.79 Å². The van der Waals surface area contributed by atoms with Crippen molar-refractivity contribution in [2.24, 2.45) is 11.7 Å². The lowest BCUT2D eigenvalue weighted by Gasteiger charge is -2.35. The molecule has 4 N–H and O–H groups in total. The number of rotatable bonds is 6. The number of primary amides is 1. The van der Waals surface area contributed by atoms with E-state index in [9.17, 15) is 14.3 Å². The highest BCUT2D eigenvalue weighted by Gasteiger charge is 2.31. The lowest BCUT2D eigenvalue weighted by Crippen LogP contribution is -2.44. The summed E-state index contributed by atoms with van der Waals surface area (Å²) in [5.74, 6) is -0.375. The normalized spacial score (nSPS) is 23.7. The first-order valence-corrected chi connectivity index (χ1v) is 13.3. The van der Waals surface area contributed by atoms with Gasteiger partial charge in [-0.1, -0.05) is 24.4 Å². The van der Waals surface area contributed by atoms with Gasteiger partial charge < -0.3 is 21.1 Å². The number of likely N-dealkylation sites (N-methyl/N-ethyl adjacent to an activating group) is 1. The van der Waals surface area contributed by atoms with Crippen molar-refractivity contribution in [2.75, 3.05) is 17.3 Å². The number of hydrogen-bond acceptors (Lipinski definition) is 8. The van der Waals surface area contributed by atoms with Gasteiger partial charge in [-0.25, -0.2) is 14.4 Å². The van der Waals surface area contributed by atoms with E-state index >= 15 is 0 Å². The first kappa shape index (κ1) is 26.1. The molecule has 2 aromatic heterocycles. The zero-order valence-electron chi connectivity index (χ0n) is 21.1. The molecule has 2 aliphatic carbocycles. The molecule has 0 unspecified atom stereocenters. The minimum Gasteiger partial charge on any atom is -0.391 e. The number of nitrogens with one attached hydrogen (secondary N) is 1. The highest BCUT2D eigenvalue weighted by atomic mass is 35.5. The molecule has 2 atom stereocenters. The molecule has 0 aliphatic heterocycles. The Balaban J connectivity index is 1.56. The first-order chi connectivity index (χ1) is 18.3. The van der Waals surface area contributed by atoms with Gasteiger partial charge in [0.25, 0.3) is 0 Å². The molecule has 0 radical (unpaired) electrons. The number of nitriles is 1.